The maximum absolute atomic E-state index is 2.40. The van der Waals surface area contributed by atoms with Crippen molar-refractivity contribution in [3.05, 3.63) is 237 Å². The summed E-state index contributed by atoms with van der Waals surface area (Å²) in [5, 5.41) is 5.03. The van der Waals surface area contributed by atoms with E-state index < -0.39 is 0 Å². The van der Waals surface area contributed by atoms with Crippen LogP contribution in [0.25, 0.3) is 77.2 Å². The molecule has 10 aromatic rings. The number of rotatable bonds is 8. The fourth-order valence-electron chi connectivity index (χ4n) is 8.34. The van der Waals surface area contributed by atoms with Gasteiger partial charge in [-0.3, -0.25) is 0 Å². The van der Waals surface area contributed by atoms with E-state index in [9.17, 15) is 0 Å². The summed E-state index contributed by atoms with van der Waals surface area (Å²) in [5.41, 5.74) is 15.4. The molecule has 57 heavy (non-hydrogen) atoms. The molecule has 1 heteroatoms. The molecule has 1 nitrogen and oxygen atoms in total. The fourth-order valence-corrected chi connectivity index (χ4v) is 8.34. The summed E-state index contributed by atoms with van der Waals surface area (Å²) >= 11 is 0. The number of hydrogen-bond acceptors (Lipinski definition) is 1. The van der Waals surface area contributed by atoms with Crippen molar-refractivity contribution in [1.82, 2.24) is 0 Å². The first kappa shape index (κ1) is 34.0. The molecule has 10 rings (SSSR count). The monoisotopic (exact) mass is 725 g/mol. The van der Waals surface area contributed by atoms with Gasteiger partial charge in [0.2, 0.25) is 0 Å². The van der Waals surface area contributed by atoms with Crippen LogP contribution < -0.4 is 4.90 Å². The SMILES string of the molecule is c1ccc(-c2cc(-c3ccccc3)cc(N(c3ccccc3)c3ccc(-c4ccc5c(c4)c(-c4ccccc4)c(-c4ccccc4)c4ccccc45)cc3)c2)cc1. The molecule has 0 aromatic heterocycles. The molecule has 0 amide bonds. The van der Waals surface area contributed by atoms with Crippen LogP contribution in [0.5, 0.6) is 0 Å². The van der Waals surface area contributed by atoms with Crippen LogP contribution in [0.1, 0.15) is 0 Å². The Kier molecular flexibility index (Phi) is 8.95. The Labute approximate surface area is 334 Å². The number of nitrogens with zero attached hydrogens (tertiary/aromatic N) is 1. The summed E-state index contributed by atoms with van der Waals surface area (Å²) in [5.74, 6) is 0. The van der Waals surface area contributed by atoms with Gasteiger partial charge in [-0.15, -0.1) is 0 Å². The van der Waals surface area contributed by atoms with Crippen LogP contribution in [0.4, 0.5) is 17.1 Å². The minimum Gasteiger partial charge on any atom is -0.310 e. The van der Waals surface area contributed by atoms with Crippen LogP contribution in [-0.2, 0) is 0 Å². The number of anilines is 3. The van der Waals surface area contributed by atoms with Gasteiger partial charge in [-0.2, -0.15) is 0 Å². The second kappa shape index (κ2) is 15.0. The minimum absolute atomic E-state index is 1.09. The highest BCUT2D eigenvalue weighted by molar-refractivity contribution is 6.22. The third-order valence-corrected chi connectivity index (χ3v) is 11.0. The number of para-hydroxylation sites is 1. The van der Waals surface area contributed by atoms with Gasteiger partial charge in [-0.1, -0.05) is 188 Å². The molecule has 0 radical (unpaired) electrons. The van der Waals surface area contributed by atoms with Crippen molar-refractivity contribution in [1.29, 1.82) is 0 Å². The molecular formula is C56H39N. The summed E-state index contributed by atoms with van der Waals surface area (Å²) in [6.45, 7) is 0. The molecule has 0 atom stereocenters. The second-order valence-electron chi connectivity index (χ2n) is 14.5. The Hall–Kier alpha value is -7.48. The summed E-state index contributed by atoms with van der Waals surface area (Å²) in [4.78, 5) is 2.37. The van der Waals surface area contributed by atoms with E-state index >= 15 is 0 Å². The van der Waals surface area contributed by atoms with Crippen LogP contribution in [0.3, 0.4) is 0 Å². The van der Waals surface area contributed by atoms with Gasteiger partial charge in [0.05, 0.1) is 0 Å². The van der Waals surface area contributed by atoms with Crippen molar-refractivity contribution in [3.8, 4) is 55.6 Å². The second-order valence-corrected chi connectivity index (χ2v) is 14.5. The molecule has 0 saturated carbocycles. The third kappa shape index (κ3) is 6.56. The average Bonchev–Trinajstić information content (AvgIpc) is 3.30. The van der Waals surface area contributed by atoms with Gasteiger partial charge in [-0.05, 0) is 126 Å². The van der Waals surface area contributed by atoms with Crippen LogP contribution in [0.2, 0.25) is 0 Å². The Morgan fingerprint density at radius 3 is 1.12 bits per heavy atom. The van der Waals surface area contributed by atoms with Crippen molar-refractivity contribution in [2.45, 2.75) is 0 Å². The number of hydrogen-bond donors (Lipinski definition) is 0. The van der Waals surface area contributed by atoms with Gasteiger partial charge in [0.15, 0.2) is 0 Å². The molecule has 0 aliphatic rings. The van der Waals surface area contributed by atoms with Crippen LogP contribution in [0.15, 0.2) is 237 Å². The zero-order valence-corrected chi connectivity index (χ0v) is 31.5. The van der Waals surface area contributed by atoms with Crippen LogP contribution in [-0.4, -0.2) is 0 Å². The first-order valence-electron chi connectivity index (χ1n) is 19.6. The minimum atomic E-state index is 1.09. The molecule has 10 aromatic carbocycles. The van der Waals surface area contributed by atoms with Gasteiger partial charge in [-0.25, -0.2) is 0 Å². The van der Waals surface area contributed by atoms with Crippen molar-refractivity contribution in [2.75, 3.05) is 4.90 Å². The van der Waals surface area contributed by atoms with E-state index in [1.54, 1.807) is 0 Å². The van der Waals surface area contributed by atoms with E-state index in [0.717, 1.165) is 17.1 Å². The lowest BCUT2D eigenvalue weighted by Gasteiger charge is -2.27. The summed E-state index contributed by atoms with van der Waals surface area (Å²) in [6, 6.07) is 85.6. The highest BCUT2D eigenvalue weighted by Crippen LogP contribution is 2.46. The Morgan fingerprint density at radius 1 is 0.193 bits per heavy atom. The highest BCUT2D eigenvalue weighted by atomic mass is 15.1. The Balaban J connectivity index is 1.13. The first-order chi connectivity index (χ1) is 28.3. The van der Waals surface area contributed by atoms with Crippen LogP contribution in [0, 0.1) is 0 Å². The van der Waals surface area contributed by atoms with E-state index in [4.69, 9.17) is 0 Å². The predicted octanol–water partition coefficient (Wildman–Crippen LogP) is 15.8. The zero-order valence-electron chi connectivity index (χ0n) is 31.5. The zero-order chi connectivity index (χ0) is 38.0. The van der Waals surface area contributed by atoms with Gasteiger partial charge in [0.1, 0.15) is 0 Å². The van der Waals surface area contributed by atoms with Crippen LogP contribution >= 0.6 is 0 Å². The Morgan fingerprint density at radius 2 is 0.579 bits per heavy atom. The van der Waals surface area contributed by atoms with Gasteiger partial charge in [0, 0.05) is 17.1 Å². The molecule has 0 spiro atoms. The molecule has 0 fully saturated rings. The first-order valence-corrected chi connectivity index (χ1v) is 19.6. The highest BCUT2D eigenvalue weighted by Gasteiger charge is 2.19. The van der Waals surface area contributed by atoms with E-state index in [-0.39, 0.29) is 0 Å². The average molecular weight is 726 g/mol. The molecule has 0 N–H and O–H groups in total. The summed E-state index contributed by atoms with van der Waals surface area (Å²) in [7, 11) is 0. The molecule has 0 saturated heterocycles. The quantitative estimate of drug-likeness (QED) is 0.141. The topological polar surface area (TPSA) is 3.24 Å². The lowest BCUT2D eigenvalue weighted by atomic mass is 9.84. The molecule has 0 unspecified atom stereocenters. The number of benzene rings is 10. The maximum atomic E-state index is 2.40. The normalized spacial score (nSPS) is 11.2. The van der Waals surface area contributed by atoms with E-state index in [1.165, 1.54) is 77.2 Å². The van der Waals surface area contributed by atoms with Gasteiger partial charge >= 0.3 is 0 Å². The van der Waals surface area contributed by atoms with Gasteiger partial charge in [0.25, 0.3) is 0 Å². The fraction of sp³-hybridized carbons (Fsp3) is 0. The molecular weight excluding hydrogens is 687 g/mol. The molecule has 0 bridgehead atoms. The van der Waals surface area contributed by atoms with E-state index in [0.29, 0.717) is 0 Å². The van der Waals surface area contributed by atoms with Crippen molar-refractivity contribution < 1.29 is 0 Å². The molecule has 268 valence electrons. The summed E-state index contributed by atoms with van der Waals surface area (Å²) in [6.07, 6.45) is 0. The molecule has 0 aliphatic carbocycles. The van der Waals surface area contributed by atoms with Crippen molar-refractivity contribution >= 4 is 38.6 Å². The molecule has 0 heterocycles. The predicted molar refractivity (Wildman–Crippen MR) is 243 cm³/mol. The van der Waals surface area contributed by atoms with Gasteiger partial charge < -0.3 is 4.90 Å². The standard InChI is InChI=1S/C56H39N/c1-6-18-40(19-7-1)46-36-47(41-20-8-2-9-21-41)38-50(37-46)57(48-26-14-5-15-27-48)49-33-30-42(31-34-49)45-32-35-52-51-28-16-17-29-53(51)55(43-22-10-3-11-23-43)56(54(52)39-45)44-24-12-4-13-25-44/h1-39H. The lowest BCUT2D eigenvalue weighted by molar-refractivity contribution is 1.28. The Bertz CT molecular complexity index is 2900. The van der Waals surface area contributed by atoms with E-state index in [2.05, 4.69) is 241 Å². The van der Waals surface area contributed by atoms with E-state index in [1.807, 2.05) is 0 Å². The molecule has 0 aliphatic heterocycles. The maximum Gasteiger partial charge on any atom is 0.0473 e. The number of fused-ring (bicyclic) bond motifs is 3. The largest absolute Gasteiger partial charge is 0.310 e. The smallest absolute Gasteiger partial charge is 0.0473 e. The lowest BCUT2D eigenvalue weighted by Crippen LogP contribution is -2.10. The van der Waals surface area contributed by atoms with Crippen molar-refractivity contribution in [2.24, 2.45) is 0 Å². The summed E-state index contributed by atoms with van der Waals surface area (Å²) < 4.78 is 0. The van der Waals surface area contributed by atoms with Crippen molar-refractivity contribution in [3.63, 3.8) is 0 Å². The third-order valence-electron chi connectivity index (χ3n) is 11.0.